The van der Waals surface area contributed by atoms with Gasteiger partial charge in [-0.05, 0) is 87.4 Å². The molecule has 0 radical (unpaired) electrons. The lowest BCUT2D eigenvalue weighted by Gasteiger charge is -2.29. The first-order valence-corrected chi connectivity index (χ1v) is 15.3. The Hall–Kier alpha value is -5.46. The molecule has 242 valence electrons. The number of benzene rings is 2. The molecule has 0 spiro atoms. The highest BCUT2D eigenvalue weighted by atomic mass is 19.1. The third-order valence-electron chi connectivity index (χ3n) is 8.40. The van der Waals surface area contributed by atoms with Crippen LogP contribution in [0.5, 0.6) is 5.88 Å². The molecule has 2 aromatic carbocycles. The summed E-state index contributed by atoms with van der Waals surface area (Å²) in [6, 6.07) is 9.23. The quantitative estimate of drug-likeness (QED) is 0.214. The number of rotatable bonds is 5. The number of nitrogens with zero attached hydrogens (tertiary/aromatic N) is 4. The maximum absolute atomic E-state index is 16.5. The van der Waals surface area contributed by atoms with Gasteiger partial charge in [-0.2, -0.15) is 0 Å². The van der Waals surface area contributed by atoms with Crippen molar-refractivity contribution < 1.29 is 33.4 Å². The molecule has 13 heteroatoms. The summed E-state index contributed by atoms with van der Waals surface area (Å²) in [5.74, 6) is -0.118. The largest absolute Gasteiger partial charge is 0.474 e. The van der Waals surface area contributed by atoms with Crippen molar-refractivity contribution in [1.29, 1.82) is 0 Å². The number of fused-ring (bicyclic) bond motifs is 3. The molecule has 0 unspecified atom stereocenters. The molecule has 0 atom stereocenters. The topological polar surface area (TPSA) is 146 Å². The molecule has 1 fully saturated rings. The van der Waals surface area contributed by atoms with E-state index in [0.29, 0.717) is 45.9 Å². The second-order valence-corrected chi connectivity index (χ2v) is 12.9. The molecular weight excluding hydrogens is 607 g/mol. The van der Waals surface area contributed by atoms with Crippen LogP contribution in [0.1, 0.15) is 55.1 Å². The number of hydrogen-bond acceptors (Lipinski definition) is 8. The molecule has 0 bridgehead atoms. The van der Waals surface area contributed by atoms with Gasteiger partial charge in [-0.3, -0.25) is 15.0 Å². The zero-order valence-electron chi connectivity index (χ0n) is 26.3. The van der Waals surface area contributed by atoms with E-state index in [-0.39, 0.29) is 41.9 Å². The van der Waals surface area contributed by atoms with Gasteiger partial charge in [-0.15, -0.1) is 0 Å². The van der Waals surface area contributed by atoms with E-state index in [2.05, 4.69) is 20.6 Å². The van der Waals surface area contributed by atoms with E-state index in [1.54, 1.807) is 39.8 Å². The van der Waals surface area contributed by atoms with E-state index >= 15 is 4.39 Å². The van der Waals surface area contributed by atoms with Crippen LogP contribution in [0.15, 0.2) is 42.7 Å². The predicted octanol–water partition coefficient (Wildman–Crippen LogP) is 6.83. The number of halogens is 1. The van der Waals surface area contributed by atoms with E-state index in [0.717, 1.165) is 29.0 Å². The Morgan fingerprint density at radius 3 is 2.60 bits per heavy atom. The van der Waals surface area contributed by atoms with Gasteiger partial charge in [0.05, 0.1) is 12.2 Å². The lowest BCUT2D eigenvalue weighted by molar-refractivity contribution is 0.0634. The van der Waals surface area contributed by atoms with Gasteiger partial charge in [-0.25, -0.2) is 23.9 Å². The fourth-order valence-electron chi connectivity index (χ4n) is 6.11. The Labute approximate surface area is 269 Å². The van der Waals surface area contributed by atoms with Crippen LogP contribution in [0.4, 0.5) is 36.9 Å². The summed E-state index contributed by atoms with van der Waals surface area (Å²) < 4.78 is 27.5. The van der Waals surface area contributed by atoms with Crippen LogP contribution in [0, 0.1) is 12.7 Å². The van der Waals surface area contributed by atoms with Crippen molar-refractivity contribution in [1.82, 2.24) is 14.9 Å². The zero-order chi connectivity index (χ0) is 33.2. The summed E-state index contributed by atoms with van der Waals surface area (Å²) in [6.45, 7) is 7.58. The van der Waals surface area contributed by atoms with Crippen molar-refractivity contribution in [2.75, 3.05) is 28.7 Å². The van der Waals surface area contributed by atoms with Gasteiger partial charge in [-0.1, -0.05) is 0 Å². The average Bonchev–Trinajstić information content (AvgIpc) is 3.80. The van der Waals surface area contributed by atoms with E-state index in [9.17, 15) is 19.5 Å². The molecule has 1 aliphatic carbocycles. The number of hydrogen-bond donors (Lipinski definition) is 3. The summed E-state index contributed by atoms with van der Waals surface area (Å²) in [5.41, 5.74) is 2.47. The van der Waals surface area contributed by atoms with Gasteiger partial charge in [0.25, 0.3) is 5.91 Å². The molecule has 3 aliphatic rings. The highest BCUT2D eigenvalue weighted by Gasteiger charge is 2.38. The SMILES string of the molecule is Cc1c(-c2cc3cc(Nc4ccc5c(c4)CN(C4CC4)C5=O)ncc3c(NC(=O)OC(C)(C)C)c2F)cnc2c1N(C(=O)O)CCO2. The summed E-state index contributed by atoms with van der Waals surface area (Å²) in [4.78, 5) is 49.6. The number of nitrogens with one attached hydrogen (secondary N) is 2. The minimum absolute atomic E-state index is 0.0578. The van der Waals surface area contributed by atoms with Crippen molar-refractivity contribution >= 4 is 51.7 Å². The van der Waals surface area contributed by atoms with Crippen molar-refractivity contribution in [3.63, 3.8) is 0 Å². The average molecular weight is 641 g/mol. The highest BCUT2D eigenvalue weighted by Crippen LogP contribution is 2.43. The fourth-order valence-corrected chi connectivity index (χ4v) is 6.11. The van der Waals surface area contributed by atoms with Gasteiger partial charge in [0, 0.05) is 52.7 Å². The molecule has 3 N–H and O–H groups in total. The van der Waals surface area contributed by atoms with Crippen molar-refractivity contribution in [3.05, 3.63) is 65.2 Å². The Kier molecular flexibility index (Phi) is 7.14. The Balaban J connectivity index is 1.30. The molecule has 1 saturated carbocycles. The van der Waals surface area contributed by atoms with Crippen LogP contribution in [0.3, 0.4) is 0 Å². The van der Waals surface area contributed by atoms with Gasteiger partial charge in [0.1, 0.15) is 23.7 Å². The molecule has 2 aromatic heterocycles. The lowest BCUT2D eigenvalue weighted by atomic mass is 9.96. The molecule has 3 amide bonds. The second-order valence-electron chi connectivity index (χ2n) is 12.9. The standard InChI is InChI=1S/C34H33FN6O6/c1-17-24(14-37-30-29(17)40(33(44)45)9-10-46-30)23-12-18-13-26(36-15-25(18)28(27(23)35)39-32(43)47-34(2,3)4)38-20-5-8-22-19(11-20)16-41(31(22)42)21-6-7-21/h5,8,11-15,21H,6-7,9-10,16H2,1-4H3,(H,36,38)(H,39,43)(H,44,45). The summed E-state index contributed by atoms with van der Waals surface area (Å²) in [7, 11) is 0. The Morgan fingerprint density at radius 1 is 1.09 bits per heavy atom. The number of ether oxygens (including phenoxy) is 2. The molecule has 4 heterocycles. The lowest BCUT2D eigenvalue weighted by Crippen LogP contribution is -2.37. The second kappa shape index (κ2) is 11.1. The predicted molar refractivity (Wildman–Crippen MR) is 173 cm³/mol. The molecule has 47 heavy (non-hydrogen) atoms. The number of carbonyl (C=O) groups excluding carboxylic acids is 2. The molecule has 12 nitrogen and oxygen atoms in total. The maximum atomic E-state index is 16.5. The van der Waals surface area contributed by atoms with Crippen molar-refractivity contribution in [2.45, 2.75) is 58.7 Å². The smallest absolute Gasteiger partial charge is 0.412 e. The van der Waals surface area contributed by atoms with Crippen molar-refractivity contribution in [2.24, 2.45) is 0 Å². The Morgan fingerprint density at radius 2 is 1.87 bits per heavy atom. The van der Waals surface area contributed by atoms with Gasteiger partial charge in [0.15, 0.2) is 5.82 Å². The third-order valence-corrected chi connectivity index (χ3v) is 8.40. The first-order chi connectivity index (χ1) is 22.4. The normalized spacial score (nSPS) is 15.6. The number of carbonyl (C=O) groups is 3. The molecule has 7 rings (SSSR count). The zero-order valence-corrected chi connectivity index (χ0v) is 26.3. The Bertz CT molecular complexity index is 1990. The van der Waals surface area contributed by atoms with Crippen LogP contribution in [0.25, 0.3) is 21.9 Å². The number of amides is 3. The summed E-state index contributed by atoms with van der Waals surface area (Å²) in [5, 5.41) is 16.5. The summed E-state index contributed by atoms with van der Waals surface area (Å²) >= 11 is 0. The first-order valence-electron chi connectivity index (χ1n) is 15.3. The fraction of sp³-hybridized carbons (Fsp3) is 0.324. The number of aromatic nitrogens is 2. The van der Waals surface area contributed by atoms with Gasteiger partial charge in [0.2, 0.25) is 5.88 Å². The minimum atomic E-state index is -1.18. The molecule has 0 saturated heterocycles. The van der Waals surface area contributed by atoms with E-state index in [1.165, 1.54) is 12.4 Å². The van der Waals surface area contributed by atoms with Crippen LogP contribution < -0.4 is 20.3 Å². The monoisotopic (exact) mass is 640 g/mol. The van der Waals surface area contributed by atoms with E-state index < -0.39 is 23.6 Å². The van der Waals surface area contributed by atoms with Crippen LogP contribution in [-0.4, -0.2) is 62.9 Å². The number of anilines is 4. The van der Waals surface area contributed by atoms with Crippen LogP contribution in [0.2, 0.25) is 0 Å². The number of pyridine rings is 2. The third kappa shape index (κ3) is 5.62. The number of carboxylic acid groups (broad SMARTS) is 1. The molecule has 4 aromatic rings. The van der Waals surface area contributed by atoms with E-state index in [1.807, 2.05) is 23.1 Å². The van der Waals surface area contributed by atoms with Gasteiger partial charge < -0.3 is 24.8 Å². The van der Waals surface area contributed by atoms with Crippen LogP contribution in [-0.2, 0) is 11.3 Å². The first kappa shape index (κ1) is 30.2. The maximum Gasteiger partial charge on any atom is 0.412 e. The molecular formula is C34H33FN6O6. The van der Waals surface area contributed by atoms with Gasteiger partial charge >= 0.3 is 12.2 Å². The summed E-state index contributed by atoms with van der Waals surface area (Å²) in [6.07, 6.45) is 2.92. The molecule has 2 aliphatic heterocycles. The highest BCUT2D eigenvalue weighted by molar-refractivity contribution is 6.04. The van der Waals surface area contributed by atoms with E-state index in [4.69, 9.17) is 9.47 Å². The van der Waals surface area contributed by atoms with Crippen molar-refractivity contribution in [3.8, 4) is 17.0 Å². The minimum Gasteiger partial charge on any atom is -0.474 e. The van der Waals surface area contributed by atoms with Crippen LogP contribution >= 0.6 is 0 Å².